The number of ether oxygens (including phenoxy) is 1. The van der Waals surface area contributed by atoms with E-state index in [4.69, 9.17) is 4.74 Å². The zero-order valence-corrected chi connectivity index (χ0v) is 20.2. The standard InChI is InChI=1S/C26H39N3O3/c1-5-7-10-22-12-14-23(15-13-22)26(31)29(17-8-6-2)21-25(30)28(18-19-32-4)20-24-11-9-16-27(24)3/h9,11-16H,5-8,10,17-21H2,1-4H3. The van der Waals surface area contributed by atoms with E-state index in [1.165, 1.54) is 5.56 Å². The Labute approximate surface area is 193 Å². The second-order valence-electron chi connectivity index (χ2n) is 8.30. The van der Waals surface area contributed by atoms with Gasteiger partial charge in [-0.3, -0.25) is 9.59 Å². The van der Waals surface area contributed by atoms with E-state index in [-0.39, 0.29) is 18.4 Å². The molecule has 0 N–H and O–H groups in total. The van der Waals surface area contributed by atoms with Crippen molar-refractivity contribution in [1.82, 2.24) is 14.4 Å². The van der Waals surface area contributed by atoms with Crippen molar-refractivity contribution in [3.8, 4) is 0 Å². The number of carbonyl (C=O) groups is 2. The molecule has 6 heteroatoms. The number of rotatable bonds is 14. The van der Waals surface area contributed by atoms with Gasteiger partial charge in [0.15, 0.2) is 0 Å². The molecule has 0 aliphatic rings. The van der Waals surface area contributed by atoms with Crippen LogP contribution in [-0.2, 0) is 29.5 Å². The molecule has 1 heterocycles. The van der Waals surface area contributed by atoms with Crippen LogP contribution in [0.15, 0.2) is 42.6 Å². The highest BCUT2D eigenvalue weighted by Gasteiger charge is 2.22. The minimum absolute atomic E-state index is 0.0627. The quantitative estimate of drug-likeness (QED) is 0.440. The summed E-state index contributed by atoms with van der Waals surface area (Å²) in [6.07, 6.45) is 7.11. The molecule has 6 nitrogen and oxygen atoms in total. The number of methoxy groups -OCH3 is 1. The summed E-state index contributed by atoms with van der Waals surface area (Å²) in [5, 5.41) is 0. The summed E-state index contributed by atoms with van der Waals surface area (Å²) in [5.41, 5.74) is 2.93. The highest BCUT2D eigenvalue weighted by Crippen LogP contribution is 2.13. The van der Waals surface area contributed by atoms with Crippen LogP contribution >= 0.6 is 0 Å². The van der Waals surface area contributed by atoms with E-state index >= 15 is 0 Å². The first-order valence-electron chi connectivity index (χ1n) is 11.7. The number of carbonyl (C=O) groups excluding carboxylic acids is 2. The van der Waals surface area contributed by atoms with Gasteiger partial charge < -0.3 is 19.1 Å². The van der Waals surface area contributed by atoms with Crippen molar-refractivity contribution in [1.29, 1.82) is 0 Å². The molecule has 0 spiro atoms. The number of nitrogens with zero attached hydrogens (tertiary/aromatic N) is 3. The van der Waals surface area contributed by atoms with Gasteiger partial charge in [-0.2, -0.15) is 0 Å². The van der Waals surface area contributed by atoms with Gasteiger partial charge >= 0.3 is 0 Å². The number of hydrogen-bond acceptors (Lipinski definition) is 3. The highest BCUT2D eigenvalue weighted by molar-refractivity contribution is 5.96. The summed E-state index contributed by atoms with van der Waals surface area (Å²) in [7, 11) is 3.60. The molecule has 0 saturated heterocycles. The molecule has 0 bridgehead atoms. The lowest BCUT2D eigenvalue weighted by atomic mass is 10.1. The number of aryl methyl sites for hydroxylation is 2. The number of hydrogen-bond donors (Lipinski definition) is 0. The van der Waals surface area contributed by atoms with E-state index in [1.807, 2.05) is 54.2 Å². The molecule has 0 aliphatic heterocycles. The van der Waals surface area contributed by atoms with Crippen LogP contribution in [0.3, 0.4) is 0 Å². The molecule has 32 heavy (non-hydrogen) atoms. The summed E-state index contributed by atoms with van der Waals surface area (Å²) < 4.78 is 7.22. The lowest BCUT2D eigenvalue weighted by molar-refractivity contribution is -0.133. The summed E-state index contributed by atoms with van der Waals surface area (Å²) in [6.45, 7) is 6.35. The van der Waals surface area contributed by atoms with Crippen LogP contribution in [0.4, 0.5) is 0 Å². The third-order valence-corrected chi connectivity index (χ3v) is 5.74. The Hall–Kier alpha value is -2.60. The van der Waals surface area contributed by atoms with Gasteiger partial charge in [0.05, 0.1) is 13.2 Å². The summed E-state index contributed by atoms with van der Waals surface area (Å²) in [5.74, 6) is -0.147. The van der Waals surface area contributed by atoms with Gasteiger partial charge in [0.1, 0.15) is 6.54 Å². The predicted octanol–water partition coefficient (Wildman–Crippen LogP) is 4.29. The molecule has 2 aromatic rings. The van der Waals surface area contributed by atoms with E-state index in [9.17, 15) is 9.59 Å². The molecular formula is C26H39N3O3. The largest absolute Gasteiger partial charge is 0.383 e. The summed E-state index contributed by atoms with van der Waals surface area (Å²) >= 11 is 0. The Morgan fingerprint density at radius 2 is 1.69 bits per heavy atom. The first-order chi connectivity index (χ1) is 15.5. The third-order valence-electron chi connectivity index (χ3n) is 5.74. The Morgan fingerprint density at radius 3 is 2.28 bits per heavy atom. The van der Waals surface area contributed by atoms with E-state index in [0.29, 0.717) is 31.8 Å². The molecule has 2 amide bonds. The number of aromatic nitrogens is 1. The van der Waals surface area contributed by atoms with Gasteiger partial charge in [-0.15, -0.1) is 0 Å². The van der Waals surface area contributed by atoms with Crippen molar-refractivity contribution in [3.63, 3.8) is 0 Å². The molecule has 0 saturated carbocycles. The van der Waals surface area contributed by atoms with Gasteiger partial charge in [0.25, 0.3) is 5.91 Å². The fraction of sp³-hybridized carbons (Fsp3) is 0.538. The molecule has 0 aliphatic carbocycles. The van der Waals surface area contributed by atoms with Crippen molar-refractivity contribution < 1.29 is 14.3 Å². The predicted molar refractivity (Wildman–Crippen MR) is 129 cm³/mol. The molecule has 1 aromatic heterocycles. The Morgan fingerprint density at radius 1 is 0.969 bits per heavy atom. The van der Waals surface area contributed by atoms with Crippen LogP contribution in [0, 0.1) is 0 Å². The van der Waals surface area contributed by atoms with Crippen molar-refractivity contribution >= 4 is 11.8 Å². The maximum atomic E-state index is 13.2. The maximum Gasteiger partial charge on any atom is 0.254 e. The molecule has 0 fully saturated rings. The van der Waals surface area contributed by atoms with Gasteiger partial charge in [0, 0.05) is 44.7 Å². The van der Waals surface area contributed by atoms with Crippen molar-refractivity contribution in [2.75, 3.05) is 33.4 Å². The van der Waals surface area contributed by atoms with Gasteiger partial charge in [-0.1, -0.05) is 38.8 Å². The Kier molecular flexibility index (Phi) is 11.0. The Balaban J connectivity index is 2.12. The van der Waals surface area contributed by atoms with Gasteiger partial charge in [0.2, 0.25) is 5.91 Å². The summed E-state index contributed by atoms with van der Waals surface area (Å²) in [4.78, 5) is 30.0. The number of unbranched alkanes of at least 4 members (excludes halogenated alkanes) is 2. The molecule has 0 unspecified atom stereocenters. The Bertz CT molecular complexity index is 829. The van der Waals surface area contributed by atoms with E-state index in [2.05, 4.69) is 13.8 Å². The van der Waals surface area contributed by atoms with Crippen molar-refractivity contribution in [2.45, 2.75) is 52.5 Å². The maximum absolute atomic E-state index is 13.2. The first kappa shape index (κ1) is 25.7. The van der Waals surface area contributed by atoms with Crippen molar-refractivity contribution in [3.05, 3.63) is 59.4 Å². The smallest absolute Gasteiger partial charge is 0.254 e. The first-order valence-corrected chi connectivity index (χ1v) is 11.7. The topological polar surface area (TPSA) is 54.8 Å². The summed E-state index contributed by atoms with van der Waals surface area (Å²) in [6, 6.07) is 11.8. The third kappa shape index (κ3) is 7.83. The SMILES string of the molecule is CCCCc1ccc(C(=O)N(CCCC)CC(=O)N(CCOC)Cc2cccn2C)cc1. The second-order valence-corrected chi connectivity index (χ2v) is 8.30. The molecule has 2 rings (SSSR count). The van der Waals surface area contributed by atoms with E-state index in [1.54, 1.807) is 16.9 Å². The lowest BCUT2D eigenvalue weighted by Crippen LogP contribution is -2.44. The van der Waals surface area contributed by atoms with Gasteiger partial charge in [-0.05, 0) is 49.1 Å². The molecule has 0 radical (unpaired) electrons. The average molecular weight is 442 g/mol. The number of benzene rings is 1. The van der Waals surface area contributed by atoms with E-state index in [0.717, 1.165) is 37.8 Å². The molecule has 176 valence electrons. The normalized spacial score (nSPS) is 10.9. The highest BCUT2D eigenvalue weighted by atomic mass is 16.5. The van der Waals surface area contributed by atoms with Crippen LogP contribution in [-0.4, -0.2) is 59.5 Å². The minimum Gasteiger partial charge on any atom is -0.383 e. The van der Waals surface area contributed by atoms with Crippen LogP contribution in [0.1, 0.15) is 61.1 Å². The molecular weight excluding hydrogens is 402 g/mol. The minimum atomic E-state index is -0.0839. The van der Waals surface area contributed by atoms with Gasteiger partial charge in [-0.25, -0.2) is 0 Å². The molecule has 0 atom stereocenters. The fourth-order valence-electron chi connectivity index (χ4n) is 3.59. The second kappa shape index (κ2) is 13.7. The van der Waals surface area contributed by atoms with E-state index < -0.39 is 0 Å². The lowest BCUT2D eigenvalue weighted by Gasteiger charge is -2.28. The average Bonchev–Trinajstić information content (AvgIpc) is 3.21. The van der Waals surface area contributed by atoms with Crippen LogP contribution in [0.5, 0.6) is 0 Å². The molecule has 1 aromatic carbocycles. The van der Waals surface area contributed by atoms with Crippen LogP contribution < -0.4 is 0 Å². The van der Waals surface area contributed by atoms with Crippen LogP contribution in [0.25, 0.3) is 0 Å². The fourth-order valence-corrected chi connectivity index (χ4v) is 3.59. The zero-order chi connectivity index (χ0) is 23.3. The number of amides is 2. The zero-order valence-electron chi connectivity index (χ0n) is 20.2. The monoisotopic (exact) mass is 441 g/mol. The van der Waals surface area contributed by atoms with Crippen molar-refractivity contribution in [2.24, 2.45) is 7.05 Å². The van der Waals surface area contributed by atoms with Crippen LogP contribution in [0.2, 0.25) is 0 Å².